The zero-order chi connectivity index (χ0) is 22.0. The van der Waals surface area contributed by atoms with Gasteiger partial charge >= 0.3 is 0 Å². The maximum absolute atomic E-state index is 13.2. The van der Waals surface area contributed by atoms with E-state index in [0.717, 1.165) is 35.8 Å². The zero-order valence-electron chi connectivity index (χ0n) is 18.4. The van der Waals surface area contributed by atoms with E-state index in [9.17, 15) is 4.79 Å². The van der Waals surface area contributed by atoms with Crippen LogP contribution in [-0.4, -0.2) is 49.4 Å². The number of benzene rings is 2. The summed E-state index contributed by atoms with van der Waals surface area (Å²) < 4.78 is 5.20. The first-order valence-electron chi connectivity index (χ1n) is 10.6. The smallest absolute Gasteiger partial charge is 0.255 e. The van der Waals surface area contributed by atoms with Crippen molar-refractivity contribution in [3.05, 3.63) is 59.8 Å². The van der Waals surface area contributed by atoms with Crippen LogP contribution in [0.15, 0.2) is 48.7 Å². The molecule has 31 heavy (non-hydrogen) atoms. The van der Waals surface area contributed by atoms with Gasteiger partial charge in [-0.25, -0.2) is 0 Å². The number of hydrogen-bond acceptors (Lipinski definition) is 5. The van der Waals surface area contributed by atoms with E-state index < -0.39 is 0 Å². The fourth-order valence-electron chi connectivity index (χ4n) is 4.23. The van der Waals surface area contributed by atoms with Crippen molar-refractivity contribution in [1.29, 1.82) is 0 Å². The monoisotopic (exact) mass is 419 g/mol. The number of methoxy groups -OCH3 is 1. The summed E-state index contributed by atoms with van der Waals surface area (Å²) in [6, 6.07) is 13.6. The van der Waals surface area contributed by atoms with E-state index in [0.29, 0.717) is 17.5 Å². The van der Waals surface area contributed by atoms with Crippen LogP contribution in [0.3, 0.4) is 0 Å². The number of carbonyl (C=O) groups is 1. The zero-order valence-corrected chi connectivity index (χ0v) is 18.4. The molecule has 0 saturated heterocycles. The highest BCUT2D eigenvalue weighted by Gasteiger charge is 2.33. The molecular weight excluding hydrogens is 390 g/mol. The quantitative estimate of drug-likeness (QED) is 0.542. The maximum Gasteiger partial charge on any atom is 0.255 e. The first-order chi connectivity index (χ1) is 15.0. The summed E-state index contributed by atoms with van der Waals surface area (Å²) in [6.07, 6.45) is 1.74. The fraction of sp³-hybridized carbons (Fsp3) is 0.333. The van der Waals surface area contributed by atoms with Crippen LogP contribution >= 0.6 is 0 Å². The Labute approximate surface area is 182 Å². The molecule has 1 aromatic heterocycles. The Balaban J connectivity index is 1.76. The molecule has 1 unspecified atom stereocenters. The summed E-state index contributed by atoms with van der Waals surface area (Å²) in [5, 5.41) is 13.5. The van der Waals surface area contributed by atoms with Gasteiger partial charge in [0.2, 0.25) is 0 Å². The lowest BCUT2D eigenvalue weighted by Crippen LogP contribution is -2.31. The van der Waals surface area contributed by atoms with Crippen LogP contribution in [0, 0.1) is 0 Å². The summed E-state index contributed by atoms with van der Waals surface area (Å²) in [5.74, 6) is 0.915. The molecule has 3 N–H and O–H groups in total. The number of rotatable bonds is 7. The SMILES string of the molecule is CNCC1CN(C(C)C)c2c(-c3ccn[nH]3)cc(C(=O)Nc3ccc(OC)cc3)cc21. The normalized spacial score (nSPS) is 15.3. The lowest BCUT2D eigenvalue weighted by Gasteiger charge is -2.26. The second kappa shape index (κ2) is 8.81. The summed E-state index contributed by atoms with van der Waals surface area (Å²) in [5.41, 5.74) is 5.64. The Morgan fingerprint density at radius 2 is 2.03 bits per heavy atom. The topological polar surface area (TPSA) is 82.3 Å². The van der Waals surface area contributed by atoms with Crippen LogP contribution < -0.4 is 20.3 Å². The van der Waals surface area contributed by atoms with E-state index in [1.807, 2.05) is 49.5 Å². The first kappa shape index (κ1) is 20.9. The van der Waals surface area contributed by atoms with Gasteiger partial charge in [-0.2, -0.15) is 5.10 Å². The number of anilines is 2. The molecule has 3 aromatic rings. The molecule has 7 nitrogen and oxygen atoms in total. The highest BCUT2D eigenvalue weighted by Crippen LogP contribution is 2.44. The van der Waals surface area contributed by atoms with Gasteiger partial charge in [0, 0.05) is 48.1 Å². The van der Waals surface area contributed by atoms with Gasteiger partial charge in [-0.1, -0.05) is 0 Å². The fourth-order valence-corrected chi connectivity index (χ4v) is 4.23. The lowest BCUT2D eigenvalue weighted by molar-refractivity contribution is 0.102. The van der Waals surface area contributed by atoms with Gasteiger partial charge in [0.25, 0.3) is 5.91 Å². The molecule has 1 aliphatic heterocycles. The third-order valence-corrected chi connectivity index (χ3v) is 5.76. The molecular formula is C24H29N5O2. The molecule has 1 amide bonds. The van der Waals surface area contributed by atoms with Crippen LogP contribution in [0.1, 0.15) is 35.7 Å². The van der Waals surface area contributed by atoms with Crippen LogP contribution in [-0.2, 0) is 0 Å². The molecule has 4 rings (SSSR count). The summed E-state index contributed by atoms with van der Waals surface area (Å²) in [6.45, 7) is 6.17. The molecule has 0 aliphatic carbocycles. The van der Waals surface area contributed by atoms with E-state index in [1.165, 1.54) is 11.3 Å². The van der Waals surface area contributed by atoms with Crippen LogP contribution in [0.4, 0.5) is 11.4 Å². The Hall–Kier alpha value is -3.32. The van der Waals surface area contributed by atoms with Gasteiger partial charge < -0.3 is 20.3 Å². The highest BCUT2D eigenvalue weighted by atomic mass is 16.5. The minimum Gasteiger partial charge on any atom is -0.497 e. The number of H-pyrrole nitrogens is 1. The molecule has 1 aliphatic rings. The van der Waals surface area contributed by atoms with Crippen LogP contribution in [0.5, 0.6) is 5.75 Å². The van der Waals surface area contributed by atoms with Crippen molar-refractivity contribution in [2.24, 2.45) is 0 Å². The number of nitrogens with zero attached hydrogens (tertiary/aromatic N) is 2. The van der Waals surface area contributed by atoms with Gasteiger partial charge in [-0.15, -0.1) is 0 Å². The Morgan fingerprint density at radius 1 is 1.26 bits per heavy atom. The summed E-state index contributed by atoms with van der Waals surface area (Å²) >= 11 is 0. The Kier molecular flexibility index (Phi) is 5.95. The van der Waals surface area contributed by atoms with Crippen molar-refractivity contribution in [1.82, 2.24) is 15.5 Å². The van der Waals surface area contributed by atoms with Gasteiger partial charge in [0.15, 0.2) is 0 Å². The van der Waals surface area contributed by atoms with Crippen molar-refractivity contribution in [3.8, 4) is 17.0 Å². The molecule has 0 spiro atoms. The number of ether oxygens (including phenoxy) is 1. The summed E-state index contributed by atoms with van der Waals surface area (Å²) in [4.78, 5) is 15.6. The molecule has 2 aromatic carbocycles. The highest BCUT2D eigenvalue weighted by molar-refractivity contribution is 6.06. The number of aromatic nitrogens is 2. The van der Waals surface area contributed by atoms with Crippen molar-refractivity contribution < 1.29 is 9.53 Å². The number of carbonyl (C=O) groups excluding carboxylic acids is 1. The van der Waals surface area contributed by atoms with Crippen molar-refractivity contribution >= 4 is 17.3 Å². The molecule has 2 heterocycles. The average Bonchev–Trinajstić information content (AvgIpc) is 3.43. The lowest BCUT2D eigenvalue weighted by atomic mass is 9.94. The van der Waals surface area contributed by atoms with E-state index >= 15 is 0 Å². The standard InChI is InChI=1S/C24H29N5O2/c1-15(2)29-14-17(13-25-3)20-11-16(12-21(23(20)29)22-9-10-26-28-22)24(30)27-18-5-7-19(31-4)8-6-18/h5-12,15,17,25H,13-14H2,1-4H3,(H,26,28)(H,27,30). The van der Waals surface area contributed by atoms with Crippen molar-refractivity contribution in [3.63, 3.8) is 0 Å². The second-order valence-corrected chi connectivity index (χ2v) is 8.12. The maximum atomic E-state index is 13.2. The predicted molar refractivity (Wildman–Crippen MR) is 124 cm³/mol. The van der Waals surface area contributed by atoms with Crippen molar-refractivity contribution in [2.75, 3.05) is 37.5 Å². The van der Waals surface area contributed by atoms with Gasteiger partial charge in [-0.3, -0.25) is 9.89 Å². The molecule has 7 heteroatoms. The minimum atomic E-state index is -0.139. The van der Waals surface area contributed by atoms with Gasteiger partial charge in [0.05, 0.1) is 18.5 Å². The number of hydrogen-bond donors (Lipinski definition) is 3. The molecule has 0 saturated carbocycles. The van der Waals surface area contributed by atoms with Crippen LogP contribution in [0.2, 0.25) is 0 Å². The molecule has 0 radical (unpaired) electrons. The van der Waals surface area contributed by atoms with Crippen LogP contribution in [0.25, 0.3) is 11.3 Å². The third kappa shape index (κ3) is 4.14. The number of nitrogens with one attached hydrogen (secondary N) is 3. The number of fused-ring (bicyclic) bond motifs is 1. The van der Waals surface area contributed by atoms with E-state index in [4.69, 9.17) is 4.74 Å². The number of aromatic amines is 1. The molecule has 1 atom stereocenters. The van der Waals surface area contributed by atoms with E-state index in [1.54, 1.807) is 13.3 Å². The predicted octanol–water partition coefficient (Wildman–Crippen LogP) is 3.87. The molecule has 0 bridgehead atoms. The van der Waals surface area contributed by atoms with Gasteiger partial charge in [-0.05, 0) is 68.9 Å². The van der Waals surface area contributed by atoms with Gasteiger partial charge in [0.1, 0.15) is 5.75 Å². The average molecular weight is 420 g/mol. The van der Waals surface area contributed by atoms with Crippen molar-refractivity contribution in [2.45, 2.75) is 25.8 Å². The summed E-state index contributed by atoms with van der Waals surface area (Å²) in [7, 11) is 3.59. The van der Waals surface area contributed by atoms with E-state index in [-0.39, 0.29) is 5.91 Å². The minimum absolute atomic E-state index is 0.139. The molecule has 0 fully saturated rings. The molecule has 162 valence electrons. The largest absolute Gasteiger partial charge is 0.497 e. The van der Waals surface area contributed by atoms with E-state index in [2.05, 4.69) is 39.6 Å². The third-order valence-electron chi connectivity index (χ3n) is 5.76. The number of amides is 1. The first-order valence-corrected chi connectivity index (χ1v) is 10.6. The number of likely N-dealkylation sites (N-methyl/N-ethyl adjacent to an activating group) is 1. The Bertz CT molecular complexity index is 1040. The Morgan fingerprint density at radius 3 is 2.65 bits per heavy atom. The second-order valence-electron chi connectivity index (χ2n) is 8.12.